The van der Waals surface area contributed by atoms with Gasteiger partial charge in [0.25, 0.3) is 0 Å². The summed E-state index contributed by atoms with van der Waals surface area (Å²) >= 11 is 0. The first-order valence-electron chi connectivity index (χ1n) is 4.79. The molecule has 0 saturated carbocycles. The molecule has 0 saturated heterocycles. The molecule has 0 aromatic rings. The van der Waals surface area contributed by atoms with Crippen LogP contribution in [0.15, 0.2) is 16.5 Å². The molecule has 2 aliphatic heterocycles. The van der Waals surface area contributed by atoms with Crippen LogP contribution in [0.5, 0.6) is 0 Å². The number of amidine groups is 1. The number of ether oxygens (including phenoxy) is 1. The van der Waals surface area contributed by atoms with E-state index in [-0.39, 0.29) is 6.61 Å². The van der Waals surface area contributed by atoms with Crippen LogP contribution in [0.1, 0.15) is 0 Å². The van der Waals surface area contributed by atoms with Gasteiger partial charge in [0, 0.05) is 0 Å². The predicted molar refractivity (Wildman–Crippen MR) is 54.4 cm³/mol. The van der Waals surface area contributed by atoms with Crippen molar-refractivity contribution in [2.75, 3.05) is 33.3 Å². The van der Waals surface area contributed by atoms with E-state index in [1.54, 1.807) is 0 Å². The second-order valence-corrected chi connectivity index (χ2v) is 3.24. The van der Waals surface area contributed by atoms with Gasteiger partial charge in [0.05, 0.1) is 19.9 Å². The molecule has 84 valence electrons. The third-order valence-electron chi connectivity index (χ3n) is 2.23. The molecule has 0 aliphatic carbocycles. The highest BCUT2D eigenvalue weighted by Crippen LogP contribution is 2.14. The molecule has 0 aromatic heterocycles. The minimum atomic E-state index is 0.0319. The molecule has 2 aliphatic rings. The number of aliphatic hydroxyl groups excluding tert-OH is 1. The standard InChI is InChI=1S/C8H15N5O2/c9-7-6-8(11-3-10-7)13(4-12-6)5-15-2-1-14/h11-12,14H,1-5H2,(H2,9,10). The second kappa shape index (κ2) is 4.37. The minimum Gasteiger partial charge on any atom is -0.394 e. The average Bonchev–Trinajstić information content (AvgIpc) is 2.64. The zero-order chi connectivity index (χ0) is 10.7. The molecular weight excluding hydrogens is 198 g/mol. The van der Waals surface area contributed by atoms with Gasteiger partial charge in [-0.05, 0) is 0 Å². The highest BCUT2D eigenvalue weighted by atomic mass is 16.5. The highest BCUT2D eigenvalue weighted by Gasteiger charge is 2.26. The van der Waals surface area contributed by atoms with Crippen molar-refractivity contribution >= 4 is 5.84 Å². The maximum atomic E-state index is 8.59. The Morgan fingerprint density at radius 3 is 3.20 bits per heavy atom. The van der Waals surface area contributed by atoms with Gasteiger partial charge in [0.15, 0.2) is 0 Å². The van der Waals surface area contributed by atoms with Gasteiger partial charge in [-0.3, -0.25) is 0 Å². The number of nitrogens with zero attached hydrogens (tertiary/aromatic N) is 2. The van der Waals surface area contributed by atoms with Crippen LogP contribution in [0.25, 0.3) is 0 Å². The van der Waals surface area contributed by atoms with Crippen LogP contribution in [-0.2, 0) is 4.74 Å². The van der Waals surface area contributed by atoms with Gasteiger partial charge in [0.2, 0.25) is 0 Å². The topological polar surface area (TPSA) is 95.1 Å². The Morgan fingerprint density at radius 2 is 2.40 bits per heavy atom. The van der Waals surface area contributed by atoms with Crippen LogP contribution < -0.4 is 16.4 Å². The van der Waals surface area contributed by atoms with Crippen molar-refractivity contribution in [1.82, 2.24) is 15.5 Å². The number of hydrogen-bond acceptors (Lipinski definition) is 7. The normalized spacial score (nSPS) is 19.5. The summed E-state index contributed by atoms with van der Waals surface area (Å²) in [6.45, 7) is 1.92. The lowest BCUT2D eigenvalue weighted by Gasteiger charge is -2.22. The molecule has 0 unspecified atom stereocenters. The fraction of sp³-hybridized carbons (Fsp3) is 0.625. The van der Waals surface area contributed by atoms with Gasteiger partial charge in [-0.1, -0.05) is 0 Å². The monoisotopic (exact) mass is 213 g/mol. The lowest BCUT2D eigenvalue weighted by atomic mass is 10.4. The van der Waals surface area contributed by atoms with Crippen molar-refractivity contribution in [1.29, 1.82) is 0 Å². The molecule has 2 rings (SSSR count). The van der Waals surface area contributed by atoms with E-state index in [9.17, 15) is 0 Å². The Balaban J connectivity index is 1.96. The van der Waals surface area contributed by atoms with Crippen LogP contribution in [0.4, 0.5) is 0 Å². The molecule has 0 aromatic carbocycles. The first kappa shape index (κ1) is 10.1. The van der Waals surface area contributed by atoms with Crippen LogP contribution >= 0.6 is 0 Å². The van der Waals surface area contributed by atoms with E-state index in [2.05, 4.69) is 15.6 Å². The van der Waals surface area contributed by atoms with E-state index in [4.69, 9.17) is 15.6 Å². The van der Waals surface area contributed by atoms with Gasteiger partial charge in [0.1, 0.15) is 30.8 Å². The van der Waals surface area contributed by atoms with Crippen LogP contribution in [-0.4, -0.2) is 49.1 Å². The van der Waals surface area contributed by atoms with E-state index in [1.807, 2.05) is 4.90 Å². The molecule has 0 fully saturated rings. The number of nitrogens with one attached hydrogen (secondary N) is 2. The smallest absolute Gasteiger partial charge is 0.147 e. The first-order chi connectivity index (χ1) is 7.33. The molecule has 5 N–H and O–H groups in total. The van der Waals surface area contributed by atoms with Crippen molar-refractivity contribution in [2.24, 2.45) is 10.7 Å². The zero-order valence-electron chi connectivity index (χ0n) is 8.36. The van der Waals surface area contributed by atoms with Crippen LogP contribution in [0, 0.1) is 0 Å². The number of aliphatic imine (C=N–C) groups is 1. The summed E-state index contributed by atoms with van der Waals surface area (Å²) in [4.78, 5) is 6.02. The Labute approximate surface area is 87.6 Å². The Hall–Kier alpha value is -1.47. The SMILES string of the molecule is NC1=NCNC2=C1NCN2COCCO. The van der Waals surface area contributed by atoms with Crippen molar-refractivity contribution in [3.63, 3.8) is 0 Å². The molecule has 7 heteroatoms. The van der Waals surface area contributed by atoms with Gasteiger partial charge in [-0.25, -0.2) is 4.99 Å². The predicted octanol–water partition coefficient (Wildman–Crippen LogP) is -2.10. The molecule has 0 atom stereocenters. The average molecular weight is 213 g/mol. The first-order valence-corrected chi connectivity index (χ1v) is 4.79. The van der Waals surface area contributed by atoms with Crippen molar-refractivity contribution in [3.05, 3.63) is 11.5 Å². The Bertz CT molecular complexity index is 301. The fourth-order valence-electron chi connectivity index (χ4n) is 1.54. The molecule has 0 amide bonds. The molecule has 0 radical (unpaired) electrons. The van der Waals surface area contributed by atoms with E-state index in [0.29, 0.717) is 32.5 Å². The maximum Gasteiger partial charge on any atom is 0.147 e. The second-order valence-electron chi connectivity index (χ2n) is 3.24. The molecule has 0 spiro atoms. The lowest BCUT2D eigenvalue weighted by molar-refractivity contribution is 0.0267. The highest BCUT2D eigenvalue weighted by molar-refractivity contribution is 5.97. The quantitative estimate of drug-likeness (QED) is 0.400. The van der Waals surface area contributed by atoms with Crippen molar-refractivity contribution in [3.8, 4) is 0 Å². The van der Waals surface area contributed by atoms with Gasteiger partial charge in [-0.2, -0.15) is 0 Å². The van der Waals surface area contributed by atoms with Crippen molar-refractivity contribution < 1.29 is 9.84 Å². The van der Waals surface area contributed by atoms with Gasteiger partial charge >= 0.3 is 0 Å². The van der Waals surface area contributed by atoms with Crippen molar-refractivity contribution in [2.45, 2.75) is 0 Å². The number of aliphatic hydroxyl groups is 1. The minimum absolute atomic E-state index is 0.0319. The lowest BCUT2D eigenvalue weighted by Crippen LogP contribution is -2.35. The maximum absolute atomic E-state index is 8.59. The number of hydrogen-bond donors (Lipinski definition) is 4. The summed E-state index contributed by atoms with van der Waals surface area (Å²) < 4.78 is 5.23. The fourth-order valence-corrected chi connectivity index (χ4v) is 1.54. The van der Waals surface area contributed by atoms with E-state index in [0.717, 1.165) is 11.5 Å². The third-order valence-corrected chi connectivity index (χ3v) is 2.23. The molecule has 7 nitrogen and oxygen atoms in total. The van der Waals surface area contributed by atoms with E-state index >= 15 is 0 Å². The molecular formula is C8H15N5O2. The number of rotatable bonds is 4. The van der Waals surface area contributed by atoms with E-state index < -0.39 is 0 Å². The summed E-state index contributed by atoms with van der Waals surface area (Å²) in [5.74, 6) is 1.44. The Morgan fingerprint density at radius 1 is 1.53 bits per heavy atom. The molecule has 15 heavy (non-hydrogen) atoms. The number of nitrogens with two attached hydrogens (primary N) is 1. The van der Waals surface area contributed by atoms with Crippen LogP contribution in [0.2, 0.25) is 0 Å². The molecule has 0 bridgehead atoms. The van der Waals surface area contributed by atoms with Crippen LogP contribution in [0.3, 0.4) is 0 Å². The summed E-state index contributed by atoms with van der Waals surface area (Å²) in [7, 11) is 0. The van der Waals surface area contributed by atoms with Gasteiger partial charge < -0.3 is 31.1 Å². The summed E-state index contributed by atoms with van der Waals surface area (Å²) in [5, 5.41) is 14.8. The Kier molecular flexibility index (Phi) is 2.93. The van der Waals surface area contributed by atoms with E-state index in [1.165, 1.54) is 0 Å². The summed E-state index contributed by atoms with van der Waals surface area (Å²) in [5.41, 5.74) is 6.55. The third kappa shape index (κ3) is 1.97. The summed E-state index contributed by atoms with van der Waals surface area (Å²) in [6.07, 6.45) is 0. The van der Waals surface area contributed by atoms with Gasteiger partial charge in [-0.15, -0.1) is 0 Å². The largest absolute Gasteiger partial charge is 0.394 e. The molecule has 2 heterocycles. The zero-order valence-corrected chi connectivity index (χ0v) is 8.36. The summed E-state index contributed by atoms with van der Waals surface area (Å²) in [6, 6.07) is 0.